The van der Waals surface area contributed by atoms with Crippen molar-refractivity contribution in [3.05, 3.63) is 58.7 Å². The SMILES string of the molecule is CN1CCC(n2cc(-c3cnc(N)c(C(=O)Nc4c(F)cccc4Br)c3)cn2)CC1. The summed E-state index contributed by atoms with van der Waals surface area (Å²) in [5.74, 6) is -0.999. The number of halogens is 2. The van der Waals surface area contributed by atoms with Gasteiger partial charge in [0.25, 0.3) is 5.91 Å². The number of para-hydroxylation sites is 1. The van der Waals surface area contributed by atoms with E-state index in [1.807, 2.05) is 10.9 Å². The van der Waals surface area contributed by atoms with Gasteiger partial charge in [0.2, 0.25) is 0 Å². The normalized spacial score (nSPS) is 15.3. The number of benzene rings is 1. The maximum Gasteiger partial charge on any atom is 0.259 e. The fourth-order valence-electron chi connectivity index (χ4n) is 3.56. The fraction of sp³-hybridized carbons (Fsp3) is 0.286. The molecule has 0 atom stereocenters. The molecule has 3 heterocycles. The molecule has 1 amide bonds. The first-order valence-corrected chi connectivity index (χ1v) is 10.5. The standard InChI is InChI=1S/C21H22BrFN6O/c1-28-7-5-15(6-8-28)29-12-14(11-26-29)13-9-16(20(24)25-10-13)21(30)27-19-17(22)3-2-4-18(19)23/h2-4,9-12,15H,5-8H2,1H3,(H2,24,25)(H,27,30). The second kappa shape index (κ2) is 8.53. The van der Waals surface area contributed by atoms with Crippen LogP contribution in [0.15, 0.2) is 47.3 Å². The number of carbonyl (C=O) groups excluding carboxylic acids is 1. The van der Waals surface area contributed by atoms with Crippen molar-refractivity contribution >= 4 is 33.3 Å². The van der Waals surface area contributed by atoms with Gasteiger partial charge in [-0.15, -0.1) is 0 Å². The Morgan fingerprint density at radius 3 is 2.77 bits per heavy atom. The monoisotopic (exact) mass is 472 g/mol. The number of rotatable bonds is 4. The molecule has 3 aromatic rings. The molecule has 9 heteroatoms. The van der Waals surface area contributed by atoms with Crippen LogP contribution < -0.4 is 11.1 Å². The van der Waals surface area contributed by atoms with Crippen molar-refractivity contribution in [1.82, 2.24) is 19.7 Å². The first-order valence-electron chi connectivity index (χ1n) is 9.66. The second-order valence-corrected chi connectivity index (χ2v) is 8.31. The number of amides is 1. The van der Waals surface area contributed by atoms with Crippen molar-refractivity contribution < 1.29 is 9.18 Å². The van der Waals surface area contributed by atoms with Gasteiger partial charge >= 0.3 is 0 Å². The zero-order valence-corrected chi connectivity index (χ0v) is 18.1. The van der Waals surface area contributed by atoms with E-state index in [9.17, 15) is 9.18 Å². The number of nitrogen functional groups attached to an aromatic ring is 1. The minimum absolute atomic E-state index is 0.0578. The molecule has 0 spiro atoms. The number of likely N-dealkylation sites (tertiary alicyclic amines) is 1. The Hall–Kier alpha value is -2.78. The van der Waals surface area contributed by atoms with Gasteiger partial charge < -0.3 is 16.0 Å². The molecule has 4 rings (SSSR count). The minimum atomic E-state index is -0.542. The molecule has 1 aromatic carbocycles. The van der Waals surface area contributed by atoms with Crippen LogP contribution in [-0.4, -0.2) is 45.7 Å². The lowest BCUT2D eigenvalue weighted by atomic mass is 10.1. The average molecular weight is 473 g/mol. The first-order chi connectivity index (χ1) is 14.4. The molecule has 1 fully saturated rings. The van der Waals surface area contributed by atoms with E-state index in [4.69, 9.17) is 5.73 Å². The lowest BCUT2D eigenvalue weighted by molar-refractivity contribution is 0.102. The number of nitrogens with one attached hydrogen (secondary N) is 1. The summed E-state index contributed by atoms with van der Waals surface area (Å²) in [4.78, 5) is 19.2. The maximum atomic E-state index is 14.1. The van der Waals surface area contributed by atoms with Crippen molar-refractivity contribution in [2.45, 2.75) is 18.9 Å². The van der Waals surface area contributed by atoms with Gasteiger partial charge in [-0.05, 0) is 67.1 Å². The number of hydrogen-bond donors (Lipinski definition) is 2. The number of aromatic nitrogens is 3. The molecule has 1 saturated heterocycles. The maximum absolute atomic E-state index is 14.1. The highest BCUT2D eigenvalue weighted by Gasteiger charge is 2.20. The molecule has 0 radical (unpaired) electrons. The number of piperidine rings is 1. The predicted octanol–water partition coefficient (Wildman–Crippen LogP) is 3.95. The zero-order valence-electron chi connectivity index (χ0n) is 16.5. The number of anilines is 2. The summed E-state index contributed by atoms with van der Waals surface area (Å²) in [5.41, 5.74) is 7.74. The average Bonchev–Trinajstić information content (AvgIpc) is 3.22. The third-order valence-corrected chi connectivity index (χ3v) is 6.02. The van der Waals surface area contributed by atoms with E-state index in [2.05, 4.69) is 43.3 Å². The first kappa shape index (κ1) is 20.5. The Balaban J connectivity index is 1.57. The van der Waals surface area contributed by atoms with Crippen LogP contribution in [0.1, 0.15) is 29.2 Å². The van der Waals surface area contributed by atoms with Crippen LogP contribution in [0.25, 0.3) is 11.1 Å². The van der Waals surface area contributed by atoms with E-state index in [1.165, 1.54) is 6.07 Å². The molecule has 1 aliphatic rings. The van der Waals surface area contributed by atoms with Gasteiger partial charge in [-0.2, -0.15) is 5.10 Å². The van der Waals surface area contributed by atoms with E-state index < -0.39 is 11.7 Å². The third-order valence-electron chi connectivity index (χ3n) is 5.36. The molecule has 3 N–H and O–H groups in total. The van der Waals surface area contributed by atoms with Gasteiger partial charge in [0, 0.05) is 28.0 Å². The molecular formula is C21H22BrFN6O. The molecule has 0 saturated carbocycles. The summed E-state index contributed by atoms with van der Waals surface area (Å²) >= 11 is 3.25. The van der Waals surface area contributed by atoms with Crippen molar-refractivity contribution in [2.75, 3.05) is 31.2 Å². The number of hydrogen-bond acceptors (Lipinski definition) is 5. The molecule has 0 unspecified atom stereocenters. The van der Waals surface area contributed by atoms with E-state index in [-0.39, 0.29) is 17.1 Å². The molecule has 30 heavy (non-hydrogen) atoms. The van der Waals surface area contributed by atoms with Crippen molar-refractivity contribution in [3.8, 4) is 11.1 Å². The number of carbonyl (C=O) groups is 1. The number of pyridine rings is 1. The third kappa shape index (κ3) is 4.22. The Bertz CT molecular complexity index is 1060. The van der Waals surface area contributed by atoms with Crippen molar-refractivity contribution in [2.24, 2.45) is 0 Å². The predicted molar refractivity (Wildman–Crippen MR) is 118 cm³/mol. The summed E-state index contributed by atoms with van der Waals surface area (Å²) in [5, 5.41) is 7.08. The summed E-state index contributed by atoms with van der Waals surface area (Å²) in [6, 6.07) is 6.48. The van der Waals surface area contributed by atoms with Crippen LogP contribution in [0.3, 0.4) is 0 Å². The van der Waals surface area contributed by atoms with Gasteiger partial charge in [-0.25, -0.2) is 9.37 Å². The topological polar surface area (TPSA) is 89.1 Å². The van der Waals surface area contributed by atoms with Crippen LogP contribution in [0.4, 0.5) is 15.9 Å². The van der Waals surface area contributed by atoms with E-state index in [0.717, 1.165) is 37.1 Å². The molecule has 2 aromatic heterocycles. The molecular weight excluding hydrogens is 451 g/mol. The van der Waals surface area contributed by atoms with Gasteiger partial charge in [0.15, 0.2) is 0 Å². The van der Waals surface area contributed by atoms with E-state index >= 15 is 0 Å². The quantitative estimate of drug-likeness (QED) is 0.599. The summed E-state index contributed by atoms with van der Waals surface area (Å²) in [6.07, 6.45) is 7.44. The Labute approximate surface area is 182 Å². The van der Waals surface area contributed by atoms with Gasteiger partial charge in [-0.1, -0.05) is 6.07 Å². The van der Waals surface area contributed by atoms with Crippen LogP contribution in [0, 0.1) is 5.82 Å². The smallest absolute Gasteiger partial charge is 0.259 e. The van der Waals surface area contributed by atoms with Crippen LogP contribution in [-0.2, 0) is 0 Å². The molecule has 1 aliphatic heterocycles. The highest BCUT2D eigenvalue weighted by Crippen LogP contribution is 2.28. The molecule has 7 nitrogen and oxygen atoms in total. The Morgan fingerprint density at radius 2 is 2.03 bits per heavy atom. The highest BCUT2D eigenvalue weighted by molar-refractivity contribution is 9.10. The lowest BCUT2D eigenvalue weighted by Crippen LogP contribution is -2.31. The number of nitrogens with two attached hydrogens (primary N) is 1. The van der Waals surface area contributed by atoms with E-state index in [1.54, 1.807) is 30.6 Å². The zero-order chi connectivity index (χ0) is 21.3. The molecule has 156 valence electrons. The fourth-order valence-corrected chi connectivity index (χ4v) is 4.00. The lowest BCUT2D eigenvalue weighted by Gasteiger charge is -2.28. The van der Waals surface area contributed by atoms with Crippen LogP contribution in [0.2, 0.25) is 0 Å². The van der Waals surface area contributed by atoms with Gasteiger partial charge in [0.1, 0.15) is 11.6 Å². The highest BCUT2D eigenvalue weighted by atomic mass is 79.9. The van der Waals surface area contributed by atoms with Crippen molar-refractivity contribution in [3.63, 3.8) is 0 Å². The summed E-state index contributed by atoms with van der Waals surface area (Å²) in [6.45, 7) is 2.08. The van der Waals surface area contributed by atoms with Gasteiger partial charge in [0.05, 0.1) is 23.5 Å². The minimum Gasteiger partial charge on any atom is -0.383 e. The second-order valence-electron chi connectivity index (χ2n) is 7.45. The van der Waals surface area contributed by atoms with Crippen molar-refractivity contribution in [1.29, 1.82) is 0 Å². The number of nitrogens with zero attached hydrogens (tertiary/aromatic N) is 4. The molecule has 0 bridgehead atoms. The molecule has 0 aliphatic carbocycles. The van der Waals surface area contributed by atoms with Crippen LogP contribution >= 0.6 is 15.9 Å². The van der Waals surface area contributed by atoms with E-state index in [0.29, 0.717) is 10.5 Å². The van der Waals surface area contributed by atoms with Crippen LogP contribution in [0.5, 0.6) is 0 Å². The Morgan fingerprint density at radius 1 is 1.27 bits per heavy atom. The van der Waals surface area contributed by atoms with Gasteiger partial charge in [-0.3, -0.25) is 9.48 Å². The summed E-state index contributed by atoms with van der Waals surface area (Å²) < 4.78 is 16.5. The summed E-state index contributed by atoms with van der Waals surface area (Å²) in [7, 11) is 2.12. The largest absolute Gasteiger partial charge is 0.383 e. The Kier molecular flexibility index (Phi) is 5.83.